The van der Waals surface area contributed by atoms with E-state index in [1.165, 1.54) is 6.07 Å². The van der Waals surface area contributed by atoms with E-state index in [9.17, 15) is 14.7 Å². The molecule has 2 rings (SSSR count). The predicted octanol–water partition coefficient (Wildman–Crippen LogP) is 3.00. The molecule has 6 nitrogen and oxygen atoms in total. The molecule has 1 heterocycles. The Morgan fingerprint density at radius 3 is 2.50 bits per heavy atom. The van der Waals surface area contributed by atoms with Crippen molar-refractivity contribution in [3.63, 3.8) is 0 Å². The molecular formula is C18H26N2O4. The summed E-state index contributed by atoms with van der Waals surface area (Å²) in [6.45, 7) is 6.02. The van der Waals surface area contributed by atoms with Crippen molar-refractivity contribution in [1.82, 2.24) is 4.90 Å². The highest BCUT2D eigenvalue weighted by molar-refractivity contribution is 5.92. The number of amides is 1. The van der Waals surface area contributed by atoms with Crippen LogP contribution in [-0.2, 0) is 11.2 Å². The Labute approximate surface area is 143 Å². The molecular weight excluding hydrogens is 308 g/mol. The van der Waals surface area contributed by atoms with Crippen LogP contribution in [0.25, 0.3) is 0 Å². The van der Waals surface area contributed by atoms with Crippen molar-refractivity contribution < 1.29 is 19.4 Å². The lowest BCUT2D eigenvalue weighted by atomic mass is 10.0. The second kappa shape index (κ2) is 6.81. The maximum Gasteiger partial charge on any atom is 0.414 e. The van der Waals surface area contributed by atoms with Gasteiger partial charge in [-0.25, -0.2) is 9.59 Å². The van der Waals surface area contributed by atoms with Gasteiger partial charge in [0.05, 0.1) is 11.3 Å². The molecule has 1 aromatic carbocycles. The first kappa shape index (κ1) is 18.3. The van der Waals surface area contributed by atoms with Crippen LogP contribution >= 0.6 is 0 Å². The Balaban J connectivity index is 2.42. The molecule has 0 aliphatic carbocycles. The van der Waals surface area contributed by atoms with E-state index >= 15 is 0 Å². The highest BCUT2D eigenvalue weighted by Gasteiger charge is 2.31. The zero-order chi connectivity index (χ0) is 18.1. The summed E-state index contributed by atoms with van der Waals surface area (Å²) in [7, 11) is 3.97. The number of anilines is 1. The summed E-state index contributed by atoms with van der Waals surface area (Å²) < 4.78 is 5.55. The van der Waals surface area contributed by atoms with E-state index < -0.39 is 17.7 Å². The van der Waals surface area contributed by atoms with Crippen molar-refractivity contribution in [2.24, 2.45) is 0 Å². The van der Waals surface area contributed by atoms with E-state index in [4.69, 9.17) is 4.74 Å². The summed E-state index contributed by atoms with van der Waals surface area (Å²) in [6, 6.07) is 5.08. The molecule has 132 valence electrons. The van der Waals surface area contributed by atoms with E-state index in [2.05, 4.69) is 4.90 Å². The maximum atomic E-state index is 12.7. The number of aryl methyl sites for hydroxylation is 1. The van der Waals surface area contributed by atoms with E-state index in [1.54, 1.807) is 17.0 Å². The van der Waals surface area contributed by atoms with Crippen LogP contribution < -0.4 is 4.90 Å². The largest absolute Gasteiger partial charge is 0.478 e. The molecule has 0 aromatic heterocycles. The Kier molecular flexibility index (Phi) is 5.18. The van der Waals surface area contributed by atoms with E-state index in [0.717, 1.165) is 24.1 Å². The van der Waals surface area contributed by atoms with E-state index in [1.807, 2.05) is 34.9 Å². The average Bonchev–Trinajstić information content (AvgIpc) is 2.64. The maximum absolute atomic E-state index is 12.7. The number of nitrogens with zero attached hydrogens (tertiary/aromatic N) is 2. The lowest BCUT2D eigenvalue weighted by Gasteiger charge is -2.31. The molecule has 0 spiro atoms. The van der Waals surface area contributed by atoms with Crippen molar-refractivity contribution in [3.05, 3.63) is 29.3 Å². The summed E-state index contributed by atoms with van der Waals surface area (Å²) in [5.74, 6) is -0.963. The molecule has 0 saturated carbocycles. The first-order valence-corrected chi connectivity index (χ1v) is 8.11. The predicted molar refractivity (Wildman–Crippen MR) is 92.8 cm³/mol. The molecule has 0 fully saturated rings. The van der Waals surface area contributed by atoms with Gasteiger partial charge < -0.3 is 14.7 Å². The molecule has 1 atom stereocenters. The van der Waals surface area contributed by atoms with E-state index in [0.29, 0.717) is 6.54 Å². The molecule has 6 heteroatoms. The van der Waals surface area contributed by atoms with Crippen molar-refractivity contribution in [1.29, 1.82) is 0 Å². The van der Waals surface area contributed by atoms with Crippen molar-refractivity contribution in [2.45, 2.75) is 45.3 Å². The monoisotopic (exact) mass is 334 g/mol. The molecule has 1 aliphatic rings. The Morgan fingerprint density at radius 1 is 1.29 bits per heavy atom. The average molecular weight is 334 g/mol. The second-order valence-electron chi connectivity index (χ2n) is 7.40. The molecule has 1 amide bonds. The van der Waals surface area contributed by atoms with Gasteiger partial charge in [0.2, 0.25) is 0 Å². The smallest absolute Gasteiger partial charge is 0.414 e. The topological polar surface area (TPSA) is 70.1 Å². The Bertz CT molecular complexity index is 634. The SMILES string of the molecule is CN(C)[C@@H]1CCc2cc(C(=O)O)ccc2N(C(=O)OC(C)(C)C)C1. The van der Waals surface area contributed by atoms with Crippen LogP contribution in [0, 0.1) is 0 Å². The lowest BCUT2D eigenvalue weighted by molar-refractivity contribution is 0.0571. The number of ether oxygens (including phenoxy) is 1. The number of carboxylic acids is 1. The van der Waals surface area contributed by atoms with Crippen LogP contribution in [-0.4, -0.2) is 54.4 Å². The standard InChI is InChI=1S/C18H26N2O4/c1-18(2,3)24-17(23)20-11-14(19(4)5)8-6-12-10-13(16(21)22)7-9-15(12)20/h7,9-10,14H,6,8,11H2,1-5H3,(H,21,22)/t14-/m1/s1. The normalized spacial score (nSPS) is 18.1. The molecule has 1 N–H and O–H groups in total. The highest BCUT2D eigenvalue weighted by atomic mass is 16.6. The van der Waals surface area contributed by atoms with Crippen LogP contribution in [0.1, 0.15) is 43.1 Å². The number of carbonyl (C=O) groups is 2. The first-order valence-electron chi connectivity index (χ1n) is 8.11. The van der Waals surface area contributed by atoms with Crippen LogP contribution in [0.4, 0.5) is 10.5 Å². The molecule has 0 radical (unpaired) electrons. The second-order valence-corrected chi connectivity index (χ2v) is 7.40. The number of hydrogen-bond acceptors (Lipinski definition) is 4. The van der Waals surface area contributed by atoms with Gasteiger partial charge in [0.1, 0.15) is 5.60 Å². The highest BCUT2D eigenvalue weighted by Crippen LogP contribution is 2.30. The van der Waals surface area contributed by atoms with Gasteiger partial charge in [-0.15, -0.1) is 0 Å². The molecule has 0 unspecified atom stereocenters. The zero-order valence-electron chi connectivity index (χ0n) is 15.0. The number of benzene rings is 1. The van der Waals surface area contributed by atoms with Gasteiger partial charge in [-0.1, -0.05) is 0 Å². The number of rotatable bonds is 2. The minimum atomic E-state index is -0.963. The molecule has 1 aliphatic heterocycles. The van der Waals surface area contributed by atoms with Gasteiger partial charge in [-0.05, 0) is 71.5 Å². The van der Waals surface area contributed by atoms with Crippen molar-refractivity contribution in [3.8, 4) is 0 Å². The molecule has 0 bridgehead atoms. The molecule has 1 aromatic rings. The fourth-order valence-corrected chi connectivity index (χ4v) is 2.82. The third-order valence-corrected chi connectivity index (χ3v) is 4.10. The molecule has 0 saturated heterocycles. The number of aromatic carboxylic acids is 1. The summed E-state index contributed by atoms with van der Waals surface area (Å²) >= 11 is 0. The summed E-state index contributed by atoms with van der Waals surface area (Å²) in [4.78, 5) is 27.6. The number of carbonyl (C=O) groups excluding carboxylic acids is 1. The lowest BCUT2D eigenvalue weighted by Crippen LogP contribution is -2.44. The Morgan fingerprint density at radius 2 is 1.96 bits per heavy atom. The van der Waals surface area contributed by atoms with Gasteiger partial charge >= 0.3 is 12.1 Å². The summed E-state index contributed by atoms with van der Waals surface area (Å²) in [6.07, 6.45) is 1.17. The van der Waals surface area contributed by atoms with Crippen LogP contribution in [0.5, 0.6) is 0 Å². The van der Waals surface area contributed by atoms with E-state index in [-0.39, 0.29) is 11.6 Å². The first-order chi connectivity index (χ1) is 11.1. The summed E-state index contributed by atoms with van der Waals surface area (Å²) in [5.41, 5.74) is 1.25. The van der Waals surface area contributed by atoms with Gasteiger partial charge in [0, 0.05) is 12.6 Å². The summed E-state index contributed by atoms with van der Waals surface area (Å²) in [5, 5.41) is 9.21. The third kappa shape index (κ3) is 4.26. The van der Waals surface area contributed by atoms with Gasteiger partial charge in [-0.2, -0.15) is 0 Å². The minimum absolute atomic E-state index is 0.179. The number of hydrogen-bond donors (Lipinski definition) is 1. The minimum Gasteiger partial charge on any atom is -0.478 e. The quantitative estimate of drug-likeness (QED) is 0.900. The van der Waals surface area contributed by atoms with Crippen molar-refractivity contribution >= 4 is 17.7 Å². The fourth-order valence-electron chi connectivity index (χ4n) is 2.82. The van der Waals surface area contributed by atoms with Gasteiger partial charge in [-0.3, -0.25) is 4.90 Å². The van der Waals surface area contributed by atoms with Gasteiger partial charge in [0.15, 0.2) is 0 Å². The number of likely N-dealkylation sites (N-methyl/N-ethyl adjacent to an activating group) is 1. The van der Waals surface area contributed by atoms with Crippen LogP contribution in [0.15, 0.2) is 18.2 Å². The zero-order valence-corrected chi connectivity index (χ0v) is 15.0. The molecule has 24 heavy (non-hydrogen) atoms. The fraction of sp³-hybridized carbons (Fsp3) is 0.556. The number of fused-ring (bicyclic) bond motifs is 1. The number of carboxylic acid groups (broad SMARTS) is 1. The van der Waals surface area contributed by atoms with Crippen LogP contribution in [0.3, 0.4) is 0 Å². The third-order valence-electron chi connectivity index (χ3n) is 4.10. The van der Waals surface area contributed by atoms with Crippen LogP contribution in [0.2, 0.25) is 0 Å². The van der Waals surface area contributed by atoms with Crippen molar-refractivity contribution in [2.75, 3.05) is 25.5 Å². The van der Waals surface area contributed by atoms with Gasteiger partial charge in [0.25, 0.3) is 0 Å². The Hall–Kier alpha value is -2.08.